The molecule has 0 aliphatic carbocycles. The molecule has 7 nitrogen and oxygen atoms in total. The van der Waals surface area contributed by atoms with E-state index in [2.05, 4.69) is 17.6 Å². The molecule has 0 radical (unpaired) electrons. The van der Waals surface area contributed by atoms with Gasteiger partial charge >= 0.3 is 0 Å². The number of hydrogen-bond acceptors (Lipinski definition) is 5. The molecule has 190 valence electrons. The Morgan fingerprint density at radius 2 is 1.70 bits per heavy atom. The second kappa shape index (κ2) is 11.5. The maximum absolute atomic E-state index is 13.1. The molecule has 4 rings (SSSR count). The first-order valence-corrected chi connectivity index (χ1v) is 12.5. The topological polar surface area (TPSA) is 87.7 Å². The highest BCUT2D eigenvalue weighted by atomic mass is 35.5. The molecule has 37 heavy (non-hydrogen) atoms. The third kappa shape index (κ3) is 5.79. The molecule has 0 saturated heterocycles. The highest BCUT2D eigenvalue weighted by Crippen LogP contribution is 2.33. The Kier molecular flexibility index (Phi) is 8.16. The van der Waals surface area contributed by atoms with Crippen LogP contribution in [0.5, 0.6) is 5.75 Å². The van der Waals surface area contributed by atoms with Gasteiger partial charge in [0.25, 0.3) is 17.7 Å². The molecule has 0 aromatic heterocycles. The minimum atomic E-state index is -0.643. The molecule has 0 unspecified atom stereocenters. The molecule has 0 fully saturated rings. The summed E-state index contributed by atoms with van der Waals surface area (Å²) in [6.07, 6.45) is 1.93. The van der Waals surface area contributed by atoms with Crippen molar-refractivity contribution in [2.45, 2.75) is 26.7 Å². The average molecular weight is 538 g/mol. The van der Waals surface area contributed by atoms with Gasteiger partial charge in [0.1, 0.15) is 16.5 Å². The fourth-order valence-corrected chi connectivity index (χ4v) is 4.10. The molecule has 1 aliphatic heterocycles. The number of amides is 3. The zero-order valence-electron chi connectivity index (χ0n) is 20.3. The van der Waals surface area contributed by atoms with Crippen molar-refractivity contribution in [1.82, 2.24) is 0 Å². The van der Waals surface area contributed by atoms with Gasteiger partial charge in [-0.1, -0.05) is 54.7 Å². The number of imide groups is 1. The van der Waals surface area contributed by atoms with Crippen LogP contribution in [0.4, 0.5) is 17.1 Å². The van der Waals surface area contributed by atoms with Crippen LogP contribution in [-0.2, 0) is 9.59 Å². The molecule has 0 atom stereocenters. The number of halogens is 2. The van der Waals surface area contributed by atoms with Crippen LogP contribution in [0.2, 0.25) is 5.02 Å². The van der Waals surface area contributed by atoms with Crippen molar-refractivity contribution in [2.24, 2.45) is 0 Å². The molecule has 9 heteroatoms. The molecule has 1 heterocycles. The van der Waals surface area contributed by atoms with Crippen molar-refractivity contribution in [3.8, 4) is 5.75 Å². The van der Waals surface area contributed by atoms with E-state index in [1.54, 1.807) is 55.5 Å². The van der Waals surface area contributed by atoms with E-state index in [0.29, 0.717) is 45.6 Å². The first-order valence-electron chi connectivity index (χ1n) is 11.7. The lowest BCUT2D eigenvalue weighted by Gasteiger charge is -2.18. The number of nitrogens with zero attached hydrogens (tertiary/aromatic N) is 1. The molecule has 0 spiro atoms. The minimum absolute atomic E-state index is 0.0543. The summed E-state index contributed by atoms with van der Waals surface area (Å²) in [6, 6.07) is 18.7. The van der Waals surface area contributed by atoms with Crippen LogP contribution in [0.1, 0.15) is 35.7 Å². The maximum Gasteiger partial charge on any atom is 0.283 e. The Bertz CT molecular complexity index is 1390. The van der Waals surface area contributed by atoms with E-state index >= 15 is 0 Å². The van der Waals surface area contributed by atoms with E-state index < -0.39 is 11.8 Å². The first kappa shape index (κ1) is 26.3. The van der Waals surface area contributed by atoms with Crippen LogP contribution in [0.3, 0.4) is 0 Å². The highest BCUT2D eigenvalue weighted by molar-refractivity contribution is 6.53. The van der Waals surface area contributed by atoms with Crippen molar-refractivity contribution in [1.29, 1.82) is 0 Å². The standard InChI is InChI=1S/C28H25Cl2N3O4/c1-3-4-15-37-23-8-6-5-7-21(23)32-26(34)18-10-13-20(14-11-18)31-25-24(30)27(35)33(28(25)36)22-16-19(29)12-9-17(22)2/h5-14,16,31H,3-4,15H2,1-2H3,(H,32,34). The summed E-state index contributed by atoms with van der Waals surface area (Å²) >= 11 is 12.3. The van der Waals surface area contributed by atoms with Gasteiger partial charge in [0.15, 0.2) is 0 Å². The summed E-state index contributed by atoms with van der Waals surface area (Å²) in [5.74, 6) is -0.949. The van der Waals surface area contributed by atoms with Gasteiger partial charge in [-0.25, -0.2) is 4.90 Å². The number of para-hydroxylation sites is 2. The van der Waals surface area contributed by atoms with E-state index in [1.165, 1.54) is 0 Å². The lowest BCUT2D eigenvalue weighted by Crippen LogP contribution is -2.32. The van der Waals surface area contributed by atoms with Crippen LogP contribution < -0.4 is 20.3 Å². The summed E-state index contributed by atoms with van der Waals surface area (Å²) in [5.41, 5.74) is 2.47. The number of ether oxygens (including phenoxy) is 1. The van der Waals surface area contributed by atoms with Crippen LogP contribution in [0, 0.1) is 6.92 Å². The molecule has 0 saturated carbocycles. The molecule has 2 N–H and O–H groups in total. The van der Waals surface area contributed by atoms with Gasteiger partial charge < -0.3 is 15.4 Å². The van der Waals surface area contributed by atoms with Gasteiger partial charge in [0.05, 0.1) is 18.0 Å². The fraction of sp³-hybridized carbons (Fsp3) is 0.179. The number of unbranched alkanes of at least 4 members (excludes halogenated alkanes) is 1. The normalized spacial score (nSPS) is 13.2. The second-order valence-electron chi connectivity index (χ2n) is 8.42. The number of rotatable bonds is 9. The zero-order valence-corrected chi connectivity index (χ0v) is 21.8. The number of aryl methyl sites for hydroxylation is 1. The largest absolute Gasteiger partial charge is 0.491 e. The third-order valence-electron chi connectivity index (χ3n) is 5.75. The van der Waals surface area contributed by atoms with Crippen LogP contribution >= 0.6 is 23.2 Å². The van der Waals surface area contributed by atoms with E-state index in [1.807, 2.05) is 18.2 Å². The maximum atomic E-state index is 13.1. The average Bonchev–Trinajstić information content (AvgIpc) is 3.10. The molecule has 0 bridgehead atoms. The van der Waals surface area contributed by atoms with Gasteiger partial charge in [0, 0.05) is 16.3 Å². The molecule has 3 aromatic rings. The molecule has 3 aromatic carbocycles. The smallest absolute Gasteiger partial charge is 0.283 e. The summed E-state index contributed by atoms with van der Waals surface area (Å²) in [7, 11) is 0. The Morgan fingerprint density at radius 3 is 2.43 bits per heavy atom. The lowest BCUT2D eigenvalue weighted by atomic mass is 10.1. The fourth-order valence-electron chi connectivity index (χ4n) is 3.72. The van der Waals surface area contributed by atoms with E-state index in [4.69, 9.17) is 27.9 Å². The number of carbonyl (C=O) groups excluding carboxylic acids is 3. The first-order chi connectivity index (χ1) is 17.8. The number of carbonyl (C=O) groups is 3. The quantitative estimate of drug-likeness (QED) is 0.239. The Hall–Kier alpha value is -3.81. The number of anilines is 3. The highest BCUT2D eigenvalue weighted by Gasteiger charge is 2.39. The van der Waals surface area contributed by atoms with Crippen LogP contribution in [-0.4, -0.2) is 24.3 Å². The summed E-state index contributed by atoms with van der Waals surface area (Å²) in [4.78, 5) is 39.7. The number of nitrogens with one attached hydrogen (secondary N) is 2. The van der Waals surface area contributed by atoms with Gasteiger partial charge in [-0.2, -0.15) is 0 Å². The number of hydrogen-bond donors (Lipinski definition) is 2. The second-order valence-corrected chi connectivity index (χ2v) is 9.23. The predicted octanol–water partition coefficient (Wildman–Crippen LogP) is 6.52. The van der Waals surface area contributed by atoms with Crippen LogP contribution in [0.15, 0.2) is 77.5 Å². The van der Waals surface area contributed by atoms with Crippen molar-refractivity contribution in [2.75, 3.05) is 22.1 Å². The number of benzene rings is 3. The molecular formula is C28H25Cl2N3O4. The van der Waals surface area contributed by atoms with Gasteiger partial charge in [0.2, 0.25) is 0 Å². The lowest BCUT2D eigenvalue weighted by molar-refractivity contribution is -0.120. The third-order valence-corrected chi connectivity index (χ3v) is 6.33. The summed E-state index contributed by atoms with van der Waals surface area (Å²) < 4.78 is 5.78. The van der Waals surface area contributed by atoms with E-state index in [0.717, 1.165) is 17.7 Å². The van der Waals surface area contributed by atoms with Crippen LogP contribution in [0.25, 0.3) is 0 Å². The Balaban J connectivity index is 1.46. The van der Waals surface area contributed by atoms with Gasteiger partial charge in [-0.15, -0.1) is 0 Å². The molecule has 1 aliphatic rings. The van der Waals surface area contributed by atoms with Crippen molar-refractivity contribution >= 4 is 58.0 Å². The van der Waals surface area contributed by atoms with E-state index in [9.17, 15) is 14.4 Å². The monoisotopic (exact) mass is 537 g/mol. The predicted molar refractivity (Wildman–Crippen MR) is 146 cm³/mol. The summed E-state index contributed by atoms with van der Waals surface area (Å²) in [5, 5.41) is 5.94. The molecule has 3 amide bonds. The van der Waals surface area contributed by atoms with Gasteiger partial charge in [-0.3, -0.25) is 14.4 Å². The SMILES string of the molecule is CCCCOc1ccccc1NC(=O)c1ccc(NC2=C(Cl)C(=O)N(c3cc(Cl)ccc3C)C2=O)cc1. The van der Waals surface area contributed by atoms with Crippen molar-refractivity contribution in [3.05, 3.63) is 93.6 Å². The van der Waals surface area contributed by atoms with E-state index in [-0.39, 0.29) is 16.6 Å². The zero-order chi connectivity index (χ0) is 26.5. The van der Waals surface area contributed by atoms with Gasteiger partial charge in [-0.05, 0) is 67.4 Å². The molecular weight excluding hydrogens is 513 g/mol. The van der Waals surface area contributed by atoms with Crippen molar-refractivity contribution < 1.29 is 19.1 Å². The Labute approximate surface area is 225 Å². The van der Waals surface area contributed by atoms with Crippen molar-refractivity contribution in [3.63, 3.8) is 0 Å². The Morgan fingerprint density at radius 1 is 0.973 bits per heavy atom. The minimum Gasteiger partial charge on any atom is -0.491 e. The summed E-state index contributed by atoms with van der Waals surface area (Å²) in [6.45, 7) is 4.42.